The molecular formula is C18H23NO3. The van der Waals surface area contributed by atoms with Gasteiger partial charge < -0.3 is 19.5 Å². The summed E-state index contributed by atoms with van der Waals surface area (Å²) in [5, 5.41) is 3.44. The Labute approximate surface area is 132 Å². The van der Waals surface area contributed by atoms with E-state index in [0.29, 0.717) is 0 Å². The molecule has 0 amide bonds. The number of rotatable bonds is 8. The monoisotopic (exact) mass is 301 g/mol. The third-order valence-electron chi connectivity index (χ3n) is 3.52. The van der Waals surface area contributed by atoms with Crippen LogP contribution in [0.2, 0.25) is 0 Å². The maximum absolute atomic E-state index is 5.43. The van der Waals surface area contributed by atoms with Crippen LogP contribution in [0.3, 0.4) is 0 Å². The molecule has 2 rings (SSSR count). The molecule has 0 atom stereocenters. The molecule has 0 spiro atoms. The van der Waals surface area contributed by atoms with E-state index in [2.05, 4.69) is 17.4 Å². The first-order valence-corrected chi connectivity index (χ1v) is 7.32. The zero-order valence-corrected chi connectivity index (χ0v) is 13.4. The number of nitrogens with one attached hydrogen (secondary N) is 1. The topological polar surface area (TPSA) is 39.7 Å². The molecule has 0 bridgehead atoms. The van der Waals surface area contributed by atoms with Crippen LogP contribution in [0.25, 0.3) is 0 Å². The summed E-state index contributed by atoms with van der Waals surface area (Å²) in [6.45, 7) is 1.62. The Hall–Kier alpha value is -2.20. The summed E-state index contributed by atoms with van der Waals surface area (Å²) >= 11 is 0. The Kier molecular flexibility index (Phi) is 6.10. The fourth-order valence-electron chi connectivity index (χ4n) is 2.38. The molecule has 2 aromatic rings. The zero-order valence-electron chi connectivity index (χ0n) is 13.4. The van der Waals surface area contributed by atoms with Crippen molar-refractivity contribution in [2.75, 3.05) is 27.9 Å². The molecule has 2 aromatic carbocycles. The molecule has 4 heteroatoms. The van der Waals surface area contributed by atoms with E-state index in [-0.39, 0.29) is 0 Å². The molecule has 1 N–H and O–H groups in total. The van der Waals surface area contributed by atoms with Gasteiger partial charge in [0.25, 0.3) is 0 Å². The van der Waals surface area contributed by atoms with E-state index in [1.165, 1.54) is 5.56 Å². The van der Waals surface area contributed by atoms with Gasteiger partial charge in [0.2, 0.25) is 0 Å². The summed E-state index contributed by atoms with van der Waals surface area (Å²) < 4.78 is 16.0. The average Bonchev–Trinajstić information content (AvgIpc) is 2.58. The maximum atomic E-state index is 5.43. The van der Waals surface area contributed by atoms with E-state index in [1.807, 2.05) is 30.3 Å². The number of hydrogen-bond donors (Lipinski definition) is 1. The highest BCUT2D eigenvalue weighted by molar-refractivity contribution is 5.46. The molecule has 0 radical (unpaired) electrons. The van der Waals surface area contributed by atoms with Crippen molar-refractivity contribution in [1.29, 1.82) is 0 Å². The highest BCUT2D eigenvalue weighted by atomic mass is 16.5. The number of para-hydroxylation sites is 1. The lowest BCUT2D eigenvalue weighted by Gasteiger charge is -2.13. The van der Waals surface area contributed by atoms with Crippen molar-refractivity contribution in [1.82, 2.24) is 5.32 Å². The van der Waals surface area contributed by atoms with Gasteiger partial charge in [-0.05, 0) is 36.7 Å². The molecule has 0 fully saturated rings. The summed E-state index contributed by atoms with van der Waals surface area (Å²) in [5.41, 5.74) is 2.34. The van der Waals surface area contributed by atoms with Crippen molar-refractivity contribution in [3.05, 3.63) is 53.6 Å². The first kappa shape index (κ1) is 16.2. The minimum Gasteiger partial charge on any atom is -0.497 e. The molecule has 0 heterocycles. The summed E-state index contributed by atoms with van der Waals surface area (Å²) in [5.74, 6) is 2.44. The minimum absolute atomic E-state index is 0.740. The van der Waals surface area contributed by atoms with Gasteiger partial charge >= 0.3 is 0 Å². The Morgan fingerprint density at radius 1 is 0.909 bits per heavy atom. The van der Waals surface area contributed by atoms with Gasteiger partial charge in [-0.3, -0.25) is 0 Å². The van der Waals surface area contributed by atoms with E-state index in [0.717, 1.165) is 42.3 Å². The molecule has 22 heavy (non-hydrogen) atoms. The van der Waals surface area contributed by atoms with Crippen LogP contribution in [0.15, 0.2) is 42.5 Å². The third-order valence-corrected chi connectivity index (χ3v) is 3.52. The van der Waals surface area contributed by atoms with Crippen LogP contribution in [-0.2, 0) is 13.0 Å². The maximum Gasteiger partial charge on any atom is 0.165 e. The molecule has 0 unspecified atom stereocenters. The molecule has 0 aliphatic rings. The first-order valence-electron chi connectivity index (χ1n) is 7.32. The fraction of sp³-hybridized carbons (Fsp3) is 0.333. The van der Waals surface area contributed by atoms with Gasteiger partial charge in [0.1, 0.15) is 5.75 Å². The second-order valence-electron chi connectivity index (χ2n) is 4.93. The van der Waals surface area contributed by atoms with Gasteiger partial charge in [-0.25, -0.2) is 0 Å². The molecule has 4 nitrogen and oxygen atoms in total. The Morgan fingerprint density at radius 2 is 1.73 bits per heavy atom. The van der Waals surface area contributed by atoms with Crippen molar-refractivity contribution in [2.24, 2.45) is 0 Å². The largest absolute Gasteiger partial charge is 0.497 e. The number of ether oxygens (including phenoxy) is 3. The minimum atomic E-state index is 0.740. The molecule has 0 aromatic heterocycles. The lowest BCUT2D eigenvalue weighted by Crippen LogP contribution is -2.17. The lowest BCUT2D eigenvalue weighted by molar-refractivity contribution is 0.350. The third kappa shape index (κ3) is 4.15. The first-order chi connectivity index (χ1) is 10.8. The predicted molar refractivity (Wildman–Crippen MR) is 88.0 cm³/mol. The van der Waals surface area contributed by atoms with Gasteiger partial charge in [0.05, 0.1) is 21.3 Å². The zero-order chi connectivity index (χ0) is 15.8. The van der Waals surface area contributed by atoms with E-state index >= 15 is 0 Å². The summed E-state index contributed by atoms with van der Waals surface area (Å²) in [6, 6.07) is 14.1. The molecule has 0 saturated heterocycles. The van der Waals surface area contributed by atoms with Gasteiger partial charge in [-0.1, -0.05) is 24.3 Å². The van der Waals surface area contributed by atoms with Gasteiger partial charge in [-0.15, -0.1) is 0 Å². The number of methoxy groups -OCH3 is 3. The van der Waals surface area contributed by atoms with Crippen LogP contribution in [0, 0.1) is 0 Å². The van der Waals surface area contributed by atoms with E-state index in [9.17, 15) is 0 Å². The summed E-state index contributed by atoms with van der Waals surface area (Å²) in [4.78, 5) is 0. The SMILES string of the molecule is COc1cccc(CCNCc2cccc(OC)c2OC)c1. The van der Waals surface area contributed by atoms with Crippen LogP contribution < -0.4 is 19.5 Å². The Balaban J connectivity index is 1.88. The van der Waals surface area contributed by atoms with Crippen molar-refractivity contribution in [2.45, 2.75) is 13.0 Å². The highest BCUT2D eigenvalue weighted by Crippen LogP contribution is 2.30. The van der Waals surface area contributed by atoms with Crippen LogP contribution in [-0.4, -0.2) is 27.9 Å². The normalized spacial score (nSPS) is 10.3. The smallest absolute Gasteiger partial charge is 0.165 e. The summed E-state index contributed by atoms with van der Waals surface area (Å²) in [7, 11) is 5.00. The van der Waals surface area contributed by atoms with Gasteiger partial charge in [-0.2, -0.15) is 0 Å². The molecule has 0 saturated carbocycles. The van der Waals surface area contributed by atoms with Crippen molar-refractivity contribution in [3.8, 4) is 17.2 Å². The van der Waals surface area contributed by atoms with Crippen LogP contribution in [0.5, 0.6) is 17.2 Å². The molecule has 0 aliphatic heterocycles. The van der Waals surface area contributed by atoms with Crippen LogP contribution in [0.4, 0.5) is 0 Å². The second kappa shape index (κ2) is 8.29. The van der Waals surface area contributed by atoms with Crippen LogP contribution >= 0.6 is 0 Å². The molecule has 118 valence electrons. The lowest BCUT2D eigenvalue weighted by atomic mass is 10.1. The average molecular weight is 301 g/mol. The van der Waals surface area contributed by atoms with E-state index in [1.54, 1.807) is 21.3 Å². The summed E-state index contributed by atoms with van der Waals surface area (Å²) in [6.07, 6.45) is 0.948. The quantitative estimate of drug-likeness (QED) is 0.761. The van der Waals surface area contributed by atoms with E-state index in [4.69, 9.17) is 14.2 Å². The molecular weight excluding hydrogens is 278 g/mol. The molecule has 0 aliphatic carbocycles. The number of benzene rings is 2. The van der Waals surface area contributed by atoms with Gasteiger partial charge in [0, 0.05) is 12.1 Å². The fourth-order valence-corrected chi connectivity index (χ4v) is 2.38. The van der Waals surface area contributed by atoms with E-state index < -0.39 is 0 Å². The van der Waals surface area contributed by atoms with Crippen molar-refractivity contribution < 1.29 is 14.2 Å². The second-order valence-corrected chi connectivity index (χ2v) is 4.93. The predicted octanol–water partition coefficient (Wildman–Crippen LogP) is 3.04. The van der Waals surface area contributed by atoms with Gasteiger partial charge in [0.15, 0.2) is 11.5 Å². The Morgan fingerprint density at radius 3 is 2.45 bits per heavy atom. The highest BCUT2D eigenvalue weighted by Gasteiger charge is 2.08. The van der Waals surface area contributed by atoms with Crippen molar-refractivity contribution >= 4 is 0 Å². The van der Waals surface area contributed by atoms with Crippen LogP contribution in [0.1, 0.15) is 11.1 Å². The number of hydrogen-bond acceptors (Lipinski definition) is 4. The standard InChI is InChI=1S/C18H23NO3/c1-20-16-8-4-6-14(12-16)10-11-19-13-15-7-5-9-17(21-2)18(15)22-3/h4-9,12,19H,10-11,13H2,1-3H3. The van der Waals surface area contributed by atoms with Crippen molar-refractivity contribution in [3.63, 3.8) is 0 Å². The Bertz CT molecular complexity index is 599.